The van der Waals surface area contributed by atoms with E-state index < -0.39 is 59.3 Å². The number of pyridine rings is 1. The van der Waals surface area contributed by atoms with Crippen molar-refractivity contribution in [1.29, 1.82) is 0 Å². The van der Waals surface area contributed by atoms with Gasteiger partial charge in [0.05, 0.1) is 35.8 Å². The number of benzene rings is 2. The predicted molar refractivity (Wildman–Crippen MR) is 180 cm³/mol. The first kappa shape index (κ1) is 37.7. The van der Waals surface area contributed by atoms with E-state index in [1.165, 1.54) is 24.3 Å². The predicted octanol–water partition coefficient (Wildman–Crippen LogP) is 6.35. The smallest absolute Gasteiger partial charge is 0.416 e. The van der Waals surface area contributed by atoms with Crippen LogP contribution in [0.5, 0.6) is 0 Å². The third kappa shape index (κ3) is 8.51. The van der Waals surface area contributed by atoms with Crippen molar-refractivity contribution in [3.63, 3.8) is 0 Å². The molecule has 2 N–H and O–H groups in total. The fourth-order valence-corrected chi connectivity index (χ4v) is 7.19. The lowest BCUT2D eigenvalue weighted by Crippen LogP contribution is -2.57. The number of carboxylic acids is 1. The Hall–Kier alpha value is -4.54. The molecule has 1 amide bonds. The largest absolute Gasteiger partial charge is 0.481 e. The summed E-state index contributed by atoms with van der Waals surface area (Å²) >= 11 is 0. The highest BCUT2D eigenvalue weighted by atomic mass is 19.4. The van der Waals surface area contributed by atoms with Crippen molar-refractivity contribution in [3.8, 4) is 23.5 Å². The van der Waals surface area contributed by atoms with Gasteiger partial charge in [-0.3, -0.25) is 19.3 Å². The molecule has 0 spiro atoms. The number of alkyl halides is 3. The minimum absolute atomic E-state index is 0.00471. The van der Waals surface area contributed by atoms with Crippen LogP contribution >= 0.6 is 0 Å². The Balaban J connectivity index is 1.53. The third-order valence-electron chi connectivity index (χ3n) is 9.45. The summed E-state index contributed by atoms with van der Waals surface area (Å²) in [6, 6.07) is 2.89. The summed E-state index contributed by atoms with van der Waals surface area (Å²) in [4.78, 5) is 41.5. The number of nitrogens with one attached hydrogen (secondary N) is 1. The molecule has 6 rings (SSSR count). The molecule has 2 unspecified atom stereocenters. The van der Waals surface area contributed by atoms with Gasteiger partial charge in [-0.1, -0.05) is 19.8 Å². The molecule has 0 radical (unpaired) electrons. The summed E-state index contributed by atoms with van der Waals surface area (Å²) in [6.45, 7) is 8.25. The molecule has 0 aliphatic carbocycles. The number of terminal acetylenes is 1. The summed E-state index contributed by atoms with van der Waals surface area (Å²) in [6.07, 6.45) is 2.00. The van der Waals surface area contributed by atoms with Crippen LogP contribution in [0.2, 0.25) is 0 Å². The first-order chi connectivity index (χ1) is 23.9. The van der Waals surface area contributed by atoms with Crippen LogP contribution in [0.4, 0.5) is 22.0 Å². The molecular weight excluding hydrogens is 673 g/mol. The van der Waals surface area contributed by atoms with E-state index in [1.807, 2.05) is 4.90 Å². The highest BCUT2D eigenvalue weighted by Gasteiger charge is 2.39. The van der Waals surface area contributed by atoms with Crippen molar-refractivity contribution in [2.24, 2.45) is 5.92 Å². The SMILES string of the molecule is C#Cc1cc(-c2c(C)cc(F)cc2C)cc([C@H](CC(=O)O)NC(=O)[C@H](CC(C)C)n2cc(CCN3CC4CC(C3)O4)c(C(F)(F)F)cc2=O)c1F. The Morgan fingerprint density at radius 2 is 1.71 bits per heavy atom. The van der Waals surface area contributed by atoms with E-state index in [0.29, 0.717) is 41.4 Å². The van der Waals surface area contributed by atoms with Crippen molar-refractivity contribution in [3.05, 3.63) is 91.9 Å². The van der Waals surface area contributed by atoms with E-state index in [4.69, 9.17) is 11.2 Å². The maximum Gasteiger partial charge on any atom is 0.416 e. The third-order valence-corrected chi connectivity index (χ3v) is 9.45. The van der Waals surface area contributed by atoms with Crippen molar-refractivity contribution in [2.45, 2.75) is 83.8 Å². The highest BCUT2D eigenvalue weighted by molar-refractivity contribution is 5.82. The summed E-state index contributed by atoms with van der Waals surface area (Å²) in [7, 11) is 0. The molecule has 0 saturated carbocycles. The van der Waals surface area contributed by atoms with E-state index in [0.717, 1.165) is 17.2 Å². The molecule has 8 nitrogen and oxygen atoms in total. The number of aliphatic carboxylic acids is 1. The van der Waals surface area contributed by atoms with E-state index in [9.17, 15) is 37.1 Å². The van der Waals surface area contributed by atoms with Gasteiger partial charge in [0.2, 0.25) is 5.91 Å². The van der Waals surface area contributed by atoms with Gasteiger partial charge in [-0.25, -0.2) is 8.78 Å². The normalized spacial score (nSPS) is 18.5. The number of ether oxygens (including phenoxy) is 1. The van der Waals surface area contributed by atoms with Gasteiger partial charge >= 0.3 is 12.1 Å². The molecule has 4 atom stereocenters. The first-order valence-electron chi connectivity index (χ1n) is 16.7. The van der Waals surface area contributed by atoms with Crippen LogP contribution in [0.15, 0.2) is 41.3 Å². The van der Waals surface area contributed by atoms with Crippen LogP contribution in [0.3, 0.4) is 0 Å². The maximum absolute atomic E-state index is 15.9. The lowest BCUT2D eigenvalue weighted by Gasteiger charge is -2.47. The average Bonchev–Trinajstić information content (AvgIpc) is 3.01. The number of rotatable bonds is 12. The van der Waals surface area contributed by atoms with Gasteiger partial charge in [-0.15, -0.1) is 6.42 Å². The molecule has 3 fully saturated rings. The van der Waals surface area contributed by atoms with Gasteiger partial charge in [-0.2, -0.15) is 13.2 Å². The topological polar surface area (TPSA) is 101 Å². The minimum Gasteiger partial charge on any atom is -0.481 e. The number of nitrogens with zero attached hydrogens (tertiary/aromatic N) is 2. The fraction of sp³-hybridized carbons (Fsp3) is 0.447. The van der Waals surface area contributed by atoms with Gasteiger partial charge in [0, 0.05) is 43.9 Å². The fourth-order valence-electron chi connectivity index (χ4n) is 7.19. The lowest BCUT2D eigenvalue weighted by atomic mass is 9.90. The molecule has 1 aromatic heterocycles. The number of piperidine rings is 1. The number of carbonyl (C=O) groups excluding carboxylic acids is 1. The number of aromatic nitrogens is 1. The van der Waals surface area contributed by atoms with Crippen LogP contribution in [0, 0.1) is 43.7 Å². The highest BCUT2D eigenvalue weighted by Crippen LogP contribution is 2.36. The second-order valence-electron chi connectivity index (χ2n) is 13.9. The monoisotopic (exact) mass is 713 g/mol. The van der Waals surface area contributed by atoms with E-state index in [1.54, 1.807) is 27.7 Å². The van der Waals surface area contributed by atoms with Gasteiger partial charge in [0.1, 0.15) is 17.7 Å². The van der Waals surface area contributed by atoms with Crippen molar-refractivity contribution >= 4 is 11.9 Å². The van der Waals surface area contributed by atoms with E-state index in [2.05, 4.69) is 11.2 Å². The number of fused-ring (bicyclic) bond motifs is 2. The number of carbonyl (C=O) groups is 2. The molecule has 13 heteroatoms. The standard InChI is InChI=1S/C38H40F5N3O5/c1-6-23-12-25(35-21(4)10-26(39)11-22(35)5)13-29(36(23)40)31(16-34(48)49)44-37(50)32(9-20(2)3)46-17-24(30(15-33(46)47)38(41,42)43)7-8-45-18-27-14-28(19-45)51-27/h1,10-13,15,17,20,27-28,31-32H,7-9,14,16,18-19H2,2-5H3,(H,44,50)(H,48,49)/t27?,28?,31-,32-/m0/s1. The van der Waals surface area contributed by atoms with E-state index >= 15 is 4.39 Å². The summed E-state index contributed by atoms with van der Waals surface area (Å²) in [5.41, 5.74) is -0.918. The van der Waals surface area contributed by atoms with Crippen LogP contribution in [-0.4, -0.2) is 58.3 Å². The Morgan fingerprint density at radius 1 is 1.08 bits per heavy atom. The molecule has 3 aliphatic heterocycles. The number of carboxylic acid groups (broad SMARTS) is 1. The molecule has 272 valence electrons. The second-order valence-corrected chi connectivity index (χ2v) is 13.9. The zero-order chi connectivity index (χ0) is 37.4. The Kier molecular flexibility index (Phi) is 11.1. The number of amides is 1. The zero-order valence-corrected chi connectivity index (χ0v) is 28.7. The first-order valence-corrected chi connectivity index (χ1v) is 16.7. The van der Waals surface area contributed by atoms with Gasteiger partial charge in [0.15, 0.2) is 0 Å². The van der Waals surface area contributed by atoms with Crippen LogP contribution in [0.1, 0.15) is 78.6 Å². The Bertz CT molecular complexity index is 1890. The average molecular weight is 714 g/mol. The molecule has 4 heterocycles. The van der Waals surface area contributed by atoms with Gasteiger partial charge in [0.25, 0.3) is 5.56 Å². The van der Waals surface area contributed by atoms with Crippen LogP contribution in [-0.2, 0) is 26.9 Å². The molecule has 3 saturated heterocycles. The quantitative estimate of drug-likeness (QED) is 0.168. The molecular formula is C38H40F5N3O5. The number of aryl methyl sites for hydroxylation is 2. The maximum atomic E-state index is 15.9. The van der Waals surface area contributed by atoms with Crippen molar-refractivity contribution in [2.75, 3.05) is 19.6 Å². The van der Waals surface area contributed by atoms with Crippen molar-refractivity contribution in [1.82, 2.24) is 14.8 Å². The van der Waals surface area contributed by atoms with Crippen LogP contribution < -0.4 is 10.9 Å². The number of morpholine rings is 1. The van der Waals surface area contributed by atoms with Crippen molar-refractivity contribution < 1.29 is 41.4 Å². The van der Waals surface area contributed by atoms with Crippen LogP contribution in [0.25, 0.3) is 11.1 Å². The molecule has 2 bridgehead atoms. The molecule has 3 aliphatic rings. The second kappa shape index (κ2) is 15.0. The summed E-state index contributed by atoms with van der Waals surface area (Å²) in [5, 5.41) is 12.4. The Morgan fingerprint density at radius 3 is 2.25 bits per heavy atom. The number of halogens is 5. The van der Waals surface area contributed by atoms with Gasteiger partial charge in [-0.05, 0) is 84.7 Å². The summed E-state index contributed by atoms with van der Waals surface area (Å²) < 4.78 is 79.2. The number of hydrogen-bond acceptors (Lipinski definition) is 5. The lowest BCUT2D eigenvalue weighted by molar-refractivity contribution is -0.180. The summed E-state index contributed by atoms with van der Waals surface area (Å²) in [5.74, 6) is -1.72. The van der Waals surface area contributed by atoms with Gasteiger partial charge < -0.3 is 19.7 Å². The van der Waals surface area contributed by atoms with E-state index in [-0.39, 0.29) is 54.2 Å². The Labute approximate surface area is 292 Å². The molecule has 51 heavy (non-hydrogen) atoms. The minimum atomic E-state index is -4.83. The zero-order valence-electron chi connectivity index (χ0n) is 28.7. The number of hydrogen-bond donors (Lipinski definition) is 2. The molecule has 2 aromatic carbocycles. The molecule has 3 aromatic rings.